The molecule has 2 heterocycles. The highest BCUT2D eigenvalue weighted by Gasteiger charge is 2.17. The molecule has 2 aromatic carbocycles. The number of aryl methyl sites for hydroxylation is 2. The minimum Gasteiger partial charge on any atom is -0.374 e. The number of hydrogen-bond donors (Lipinski definition) is 2. The Morgan fingerprint density at radius 3 is 2.74 bits per heavy atom. The summed E-state index contributed by atoms with van der Waals surface area (Å²) < 4.78 is 2.44. The van der Waals surface area contributed by atoms with Crippen LogP contribution in [0.4, 0.5) is 10.9 Å². The average molecular weight is 449 g/mol. The second-order valence-electron chi connectivity index (χ2n) is 7.24. The number of rotatable bonds is 6. The normalized spacial score (nSPS) is 12.6. The number of aromatic nitrogens is 4. The Labute approximate surface area is 187 Å². The molecule has 0 fully saturated rings. The standard InChI is InChI=1S/C22H20N6OS2/c23-21-25-26-22(31-21)30-13-20(29)24-19-12-18(27-28(19)17-7-2-1-3-8-17)16-10-9-14-5-4-6-15(14)11-16/h1-3,7-12H,4-6,13H2,(H2,23,25)(H,24,29). The smallest absolute Gasteiger partial charge is 0.235 e. The van der Waals surface area contributed by atoms with Gasteiger partial charge in [-0.1, -0.05) is 53.4 Å². The van der Waals surface area contributed by atoms with Crippen molar-refractivity contribution < 1.29 is 4.79 Å². The topological polar surface area (TPSA) is 98.7 Å². The summed E-state index contributed by atoms with van der Waals surface area (Å²) in [5, 5.41) is 15.9. The van der Waals surface area contributed by atoms with E-state index in [1.807, 2.05) is 36.4 Å². The molecule has 9 heteroatoms. The molecule has 0 radical (unpaired) electrons. The van der Waals surface area contributed by atoms with Crippen LogP contribution < -0.4 is 11.1 Å². The molecule has 5 rings (SSSR count). The molecule has 0 saturated heterocycles. The van der Waals surface area contributed by atoms with Crippen LogP contribution in [0, 0.1) is 0 Å². The van der Waals surface area contributed by atoms with E-state index in [1.54, 1.807) is 4.68 Å². The first-order valence-corrected chi connectivity index (χ1v) is 11.8. The highest BCUT2D eigenvalue weighted by atomic mass is 32.2. The van der Waals surface area contributed by atoms with Gasteiger partial charge in [-0.2, -0.15) is 5.10 Å². The molecule has 4 aromatic rings. The van der Waals surface area contributed by atoms with Gasteiger partial charge in [0.15, 0.2) is 4.34 Å². The van der Waals surface area contributed by atoms with Gasteiger partial charge in [-0.15, -0.1) is 10.2 Å². The summed E-state index contributed by atoms with van der Waals surface area (Å²) in [5.41, 5.74) is 11.2. The largest absolute Gasteiger partial charge is 0.374 e. The van der Waals surface area contributed by atoms with E-state index in [9.17, 15) is 4.79 Å². The van der Waals surface area contributed by atoms with Crippen LogP contribution in [0.3, 0.4) is 0 Å². The van der Waals surface area contributed by atoms with E-state index in [2.05, 4.69) is 33.7 Å². The van der Waals surface area contributed by atoms with Gasteiger partial charge in [-0.3, -0.25) is 4.79 Å². The molecule has 3 N–H and O–H groups in total. The maximum absolute atomic E-state index is 12.6. The second-order valence-corrected chi connectivity index (χ2v) is 9.47. The SMILES string of the molecule is Nc1nnc(SCC(=O)Nc2cc(-c3ccc4c(c3)CCC4)nn2-c2ccccc2)s1. The van der Waals surface area contributed by atoms with Gasteiger partial charge < -0.3 is 11.1 Å². The molecular formula is C22H20N6OS2. The van der Waals surface area contributed by atoms with Crippen LogP contribution in [0.1, 0.15) is 17.5 Å². The molecule has 0 atom stereocenters. The minimum absolute atomic E-state index is 0.142. The molecular weight excluding hydrogens is 428 g/mol. The van der Waals surface area contributed by atoms with Crippen LogP contribution >= 0.6 is 23.1 Å². The quantitative estimate of drug-likeness (QED) is 0.429. The molecule has 1 aliphatic rings. The van der Waals surface area contributed by atoms with Gasteiger partial charge in [0.1, 0.15) is 5.82 Å². The van der Waals surface area contributed by atoms with E-state index >= 15 is 0 Å². The third kappa shape index (κ3) is 4.33. The molecule has 1 aliphatic carbocycles. The Morgan fingerprint density at radius 2 is 1.94 bits per heavy atom. The van der Waals surface area contributed by atoms with Gasteiger partial charge in [0.25, 0.3) is 0 Å². The minimum atomic E-state index is -0.142. The number of thioether (sulfide) groups is 1. The fourth-order valence-corrected chi connectivity index (χ4v) is 5.13. The van der Waals surface area contributed by atoms with Gasteiger partial charge in [-0.25, -0.2) is 4.68 Å². The number of fused-ring (bicyclic) bond motifs is 1. The van der Waals surface area contributed by atoms with Crippen LogP contribution in [0.15, 0.2) is 58.9 Å². The van der Waals surface area contributed by atoms with E-state index in [0.717, 1.165) is 29.8 Å². The predicted molar refractivity (Wildman–Crippen MR) is 125 cm³/mol. The number of nitrogen functional groups attached to an aromatic ring is 1. The number of carbonyl (C=O) groups excluding carboxylic acids is 1. The Bertz CT molecular complexity index is 1230. The lowest BCUT2D eigenvalue weighted by molar-refractivity contribution is -0.113. The van der Waals surface area contributed by atoms with E-state index < -0.39 is 0 Å². The lowest BCUT2D eigenvalue weighted by atomic mass is 10.0. The average Bonchev–Trinajstić information content (AvgIpc) is 3.52. The van der Waals surface area contributed by atoms with Crippen LogP contribution in [0.5, 0.6) is 0 Å². The summed E-state index contributed by atoms with van der Waals surface area (Å²) in [5.74, 6) is 0.698. The Hall–Kier alpha value is -3.17. The Morgan fingerprint density at radius 1 is 1.10 bits per heavy atom. The fourth-order valence-electron chi connectivity index (χ4n) is 3.69. The molecule has 0 spiro atoms. The zero-order valence-electron chi connectivity index (χ0n) is 16.6. The van der Waals surface area contributed by atoms with Gasteiger partial charge in [0.05, 0.1) is 17.1 Å². The van der Waals surface area contributed by atoms with Crippen LogP contribution in [-0.2, 0) is 17.6 Å². The summed E-state index contributed by atoms with van der Waals surface area (Å²) in [7, 11) is 0. The van der Waals surface area contributed by atoms with Crippen molar-refractivity contribution in [1.29, 1.82) is 0 Å². The fraction of sp³-hybridized carbons (Fsp3) is 0.182. The summed E-state index contributed by atoms with van der Waals surface area (Å²) in [4.78, 5) is 12.6. The summed E-state index contributed by atoms with van der Waals surface area (Å²) in [6.45, 7) is 0. The molecule has 156 valence electrons. The summed E-state index contributed by atoms with van der Waals surface area (Å²) in [6, 6.07) is 18.3. The summed E-state index contributed by atoms with van der Waals surface area (Å²) >= 11 is 2.58. The van der Waals surface area contributed by atoms with Crippen molar-refractivity contribution in [3.05, 3.63) is 65.7 Å². The van der Waals surface area contributed by atoms with Crippen molar-refractivity contribution in [3.8, 4) is 16.9 Å². The lowest BCUT2D eigenvalue weighted by Gasteiger charge is -2.08. The molecule has 1 amide bonds. The van der Waals surface area contributed by atoms with Crippen molar-refractivity contribution in [1.82, 2.24) is 20.0 Å². The third-order valence-corrected chi connectivity index (χ3v) is 7.01. The van der Waals surface area contributed by atoms with Crippen molar-refractivity contribution in [2.24, 2.45) is 0 Å². The number of para-hydroxylation sites is 1. The molecule has 0 unspecified atom stereocenters. The number of hydrogen-bond acceptors (Lipinski definition) is 7. The Balaban J connectivity index is 1.42. The zero-order chi connectivity index (χ0) is 21.2. The van der Waals surface area contributed by atoms with E-state index in [0.29, 0.717) is 15.3 Å². The molecule has 0 bridgehead atoms. The first kappa shape index (κ1) is 19.8. The van der Waals surface area contributed by atoms with Gasteiger partial charge in [0, 0.05) is 11.6 Å². The molecule has 0 saturated carbocycles. The molecule has 2 aromatic heterocycles. The van der Waals surface area contributed by atoms with Gasteiger partial charge in [-0.05, 0) is 48.6 Å². The predicted octanol–water partition coefficient (Wildman–Crippen LogP) is 4.19. The van der Waals surface area contributed by atoms with Gasteiger partial charge in [0.2, 0.25) is 11.0 Å². The van der Waals surface area contributed by atoms with Crippen molar-refractivity contribution in [3.63, 3.8) is 0 Å². The first-order chi connectivity index (χ1) is 15.2. The van der Waals surface area contributed by atoms with Crippen LogP contribution in [0.2, 0.25) is 0 Å². The number of benzene rings is 2. The summed E-state index contributed by atoms with van der Waals surface area (Å²) in [6.07, 6.45) is 3.46. The number of nitrogens with two attached hydrogens (primary N) is 1. The number of amides is 1. The Kier molecular flexibility index (Phi) is 5.44. The van der Waals surface area contributed by atoms with Crippen LogP contribution in [-0.4, -0.2) is 31.6 Å². The molecule has 0 aliphatic heterocycles. The van der Waals surface area contributed by atoms with Crippen molar-refractivity contribution >= 4 is 40.0 Å². The van der Waals surface area contributed by atoms with E-state index in [1.165, 1.54) is 40.6 Å². The van der Waals surface area contributed by atoms with Crippen molar-refractivity contribution in [2.45, 2.75) is 23.6 Å². The number of nitrogens with one attached hydrogen (secondary N) is 1. The van der Waals surface area contributed by atoms with E-state index in [4.69, 9.17) is 10.8 Å². The number of anilines is 2. The maximum atomic E-state index is 12.6. The van der Waals surface area contributed by atoms with Crippen LogP contribution in [0.25, 0.3) is 16.9 Å². The third-order valence-electron chi connectivity index (χ3n) is 5.12. The highest BCUT2D eigenvalue weighted by Crippen LogP contribution is 2.30. The maximum Gasteiger partial charge on any atom is 0.235 e. The van der Waals surface area contributed by atoms with Crippen molar-refractivity contribution in [2.75, 3.05) is 16.8 Å². The second kappa shape index (κ2) is 8.52. The number of carbonyl (C=O) groups is 1. The zero-order valence-corrected chi connectivity index (χ0v) is 18.2. The van der Waals surface area contributed by atoms with Gasteiger partial charge >= 0.3 is 0 Å². The molecule has 31 heavy (non-hydrogen) atoms. The lowest BCUT2D eigenvalue weighted by Crippen LogP contribution is -2.16. The first-order valence-electron chi connectivity index (χ1n) is 9.95. The van der Waals surface area contributed by atoms with E-state index in [-0.39, 0.29) is 11.7 Å². The number of nitrogens with zero attached hydrogens (tertiary/aromatic N) is 4. The highest BCUT2D eigenvalue weighted by molar-refractivity contribution is 8.01. The monoisotopic (exact) mass is 448 g/mol. The molecule has 7 nitrogen and oxygen atoms in total.